The lowest BCUT2D eigenvalue weighted by atomic mass is 9.85. The molecule has 0 saturated carbocycles. The Morgan fingerprint density at radius 2 is 2.00 bits per heavy atom. The molecule has 0 radical (unpaired) electrons. The number of nitrogens with zero attached hydrogens (tertiary/aromatic N) is 1. The van der Waals surface area contributed by atoms with Gasteiger partial charge in [0, 0.05) is 0 Å². The summed E-state index contributed by atoms with van der Waals surface area (Å²) in [6.45, 7) is 8.50. The van der Waals surface area contributed by atoms with E-state index in [4.69, 9.17) is 4.74 Å². The fourth-order valence-electron chi connectivity index (χ4n) is 1.43. The molecular formula is C10H18N2O4. The van der Waals surface area contributed by atoms with Crippen LogP contribution in [0.2, 0.25) is 0 Å². The molecule has 1 unspecified atom stereocenters. The Balaban J connectivity index is 2.57. The predicted molar refractivity (Wildman–Crippen MR) is 55.9 cm³/mol. The number of carbonyl (C=O) groups excluding carboxylic acids is 2. The average molecular weight is 230 g/mol. The number of hydrogen-bond donors (Lipinski definition) is 2. The molecule has 0 aliphatic carbocycles. The number of hydroxylamine groups is 2. The smallest absolute Gasteiger partial charge is 0.408 e. The van der Waals surface area contributed by atoms with E-state index >= 15 is 0 Å². The summed E-state index contributed by atoms with van der Waals surface area (Å²) >= 11 is 0. The number of hydrogen-bond acceptors (Lipinski definition) is 4. The molecule has 1 rings (SSSR count). The highest BCUT2D eigenvalue weighted by Gasteiger charge is 2.55. The van der Waals surface area contributed by atoms with Crippen molar-refractivity contribution in [1.82, 2.24) is 10.4 Å². The van der Waals surface area contributed by atoms with E-state index in [9.17, 15) is 14.8 Å². The van der Waals surface area contributed by atoms with Crippen molar-refractivity contribution < 1.29 is 19.5 Å². The lowest BCUT2D eigenvalue weighted by molar-refractivity contribution is -0.231. The SMILES string of the molecule is CC(C)(C)OC(=O)NC1C(=O)N(O)C1(C)C. The molecule has 0 bridgehead atoms. The van der Waals surface area contributed by atoms with Crippen LogP contribution >= 0.6 is 0 Å². The van der Waals surface area contributed by atoms with Gasteiger partial charge in [0.15, 0.2) is 0 Å². The molecule has 1 aliphatic rings. The van der Waals surface area contributed by atoms with Crippen molar-refractivity contribution in [1.29, 1.82) is 0 Å². The molecule has 6 heteroatoms. The van der Waals surface area contributed by atoms with Gasteiger partial charge in [0.05, 0.1) is 5.54 Å². The van der Waals surface area contributed by atoms with Gasteiger partial charge in [0.1, 0.15) is 11.6 Å². The van der Waals surface area contributed by atoms with Crippen LogP contribution in [0.5, 0.6) is 0 Å². The van der Waals surface area contributed by atoms with Crippen molar-refractivity contribution in [3.8, 4) is 0 Å². The summed E-state index contributed by atoms with van der Waals surface area (Å²) < 4.78 is 5.02. The van der Waals surface area contributed by atoms with E-state index in [0.717, 1.165) is 0 Å². The normalized spacial score (nSPS) is 23.8. The third kappa shape index (κ3) is 2.27. The Morgan fingerprint density at radius 3 is 2.38 bits per heavy atom. The first-order valence-corrected chi connectivity index (χ1v) is 5.08. The molecule has 0 spiro atoms. The van der Waals surface area contributed by atoms with Crippen LogP contribution in [0.15, 0.2) is 0 Å². The molecule has 1 saturated heterocycles. The summed E-state index contributed by atoms with van der Waals surface area (Å²) in [5, 5.41) is 12.3. The standard InChI is InChI=1S/C10H18N2O4/c1-9(2,3)16-8(14)11-6-7(13)12(15)10(6,4)5/h6,15H,1-5H3,(H,11,14). The maximum atomic E-state index is 11.4. The summed E-state index contributed by atoms with van der Waals surface area (Å²) in [4.78, 5) is 22.7. The molecule has 2 amide bonds. The third-order valence-electron chi connectivity index (χ3n) is 2.37. The van der Waals surface area contributed by atoms with Crippen molar-refractivity contribution in [3.05, 3.63) is 0 Å². The molecule has 0 aromatic heterocycles. The summed E-state index contributed by atoms with van der Waals surface area (Å²) in [5.41, 5.74) is -1.41. The molecule has 0 aromatic carbocycles. The van der Waals surface area contributed by atoms with Gasteiger partial charge in [-0.05, 0) is 34.6 Å². The molecule has 1 atom stereocenters. The number of rotatable bonds is 1. The second kappa shape index (κ2) is 3.62. The minimum absolute atomic E-state index is 0.532. The van der Waals surface area contributed by atoms with Gasteiger partial charge in [-0.1, -0.05) is 0 Å². The Morgan fingerprint density at radius 1 is 1.50 bits per heavy atom. The highest BCUT2D eigenvalue weighted by molar-refractivity contribution is 5.92. The fraction of sp³-hybridized carbons (Fsp3) is 0.800. The lowest BCUT2D eigenvalue weighted by Crippen LogP contribution is -2.75. The largest absolute Gasteiger partial charge is 0.444 e. The lowest BCUT2D eigenvalue weighted by Gasteiger charge is -2.49. The van der Waals surface area contributed by atoms with Gasteiger partial charge in [-0.3, -0.25) is 10.0 Å². The van der Waals surface area contributed by atoms with Crippen LogP contribution < -0.4 is 5.32 Å². The van der Waals surface area contributed by atoms with Crippen LogP contribution in [0.3, 0.4) is 0 Å². The van der Waals surface area contributed by atoms with Crippen molar-refractivity contribution in [2.24, 2.45) is 0 Å². The third-order valence-corrected chi connectivity index (χ3v) is 2.37. The summed E-state index contributed by atoms with van der Waals surface area (Å²) in [5.74, 6) is -0.532. The summed E-state index contributed by atoms with van der Waals surface area (Å²) in [6.07, 6.45) is -0.660. The van der Waals surface area contributed by atoms with E-state index in [1.54, 1.807) is 34.6 Å². The monoisotopic (exact) mass is 230 g/mol. The molecular weight excluding hydrogens is 212 g/mol. The van der Waals surface area contributed by atoms with Gasteiger partial charge in [-0.15, -0.1) is 0 Å². The first kappa shape index (κ1) is 12.8. The number of carbonyl (C=O) groups is 2. The number of β-lactam (4-membered cyclic amide) rings is 1. The fourth-order valence-corrected chi connectivity index (χ4v) is 1.43. The molecule has 16 heavy (non-hydrogen) atoms. The molecule has 6 nitrogen and oxygen atoms in total. The highest BCUT2D eigenvalue weighted by atomic mass is 16.6. The Kier molecular flexibility index (Phi) is 2.89. The van der Waals surface area contributed by atoms with Crippen LogP contribution in [0.25, 0.3) is 0 Å². The predicted octanol–water partition coefficient (Wildman–Crippen LogP) is 0.890. The summed E-state index contributed by atoms with van der Waals surface area (Å²) in [7, 11) is 0. The zero-order valence-corrected chi connectivity index (χ0v) is 10.2. The molecule has 1 aliphatic heterocycles. The zero-order chi connectivity index (χ0) is 12.7. The van der Waals surface area contributed by atoms with E-state index in [1.807, 2.05) is 0 Å². The Bertz CT molecular complexity index is 319. The van der Waals surface area contributed by atoms with Crippen molar-refractivity contribution >= 4 is 12.0 Å². The van der Waals surface area contributed by atoms with Crippen molar-refractivity contribution in [3.63, 3.8) is 0 Å². The second-order valence-corrected chi connectivity index (χ2v) is 5.38. The van der Waals surface area contributed by atoms with Crippen molar-refractivity contribution in [2.45, 2.75) is 51.8 Å². The van der Waals surface area contributed by atoms with Gasteiger partial charge in [0.25, 0.3) is 5.91 Å². The number of ether oxygens (including phenoxy) is 1. The van der Waals surface area contributed by atoms with Gasteiger partial charge in [-0.25, -0.2) is 9.86 Å². The van der Waals surface area contributed by atoms with Crippen LogP contribution in [0.1, 0.15) is 34.6 Å². The number of nitrogens with one attached hydrogen (secondary N) is 1. The molecule has 92 valence electrons. The Hall–Kier alpha value is -1.30. The molecule has 1 heterocycles. The molecule has 1 fully saturated rings. The zero-order valence-electron chi connectivity index (χ0n) is 10.2. The van der Waals surface area contributed by atoms with Gasteiger partial charge in [-0.2, -0.15) is 0 Å². The second-order valence-electron chi connectivity index (χ2n) is 5.38. The van der Waals surface area contributed by atoms with E-state index in [1.165, 1.54) is 0 Å². The molecule has 0 aromatic rings. The number of alkyl carbamates (subject to hydrolysis) is 1. The highest BCUT2D eigenvalue weighted by Crippen LogP contribution is 2.29. The van der Waals surface area contributed by atoms with Gasteiger partial charge >= 0.3 is 6.09 Å². The molecule has 2 N–H and O–H groups in total. The Labute approximate surface area is 94.5 Å². The average Bonchev–Trinajstić information content (AvgIpc) is 2.09. The minimum Gasteiger partial charge on any atom is -0.444 e. The van der Waals surface area contributed by atoms with Crippen LogP contribution in [0, 0.1) is 0 Å². The van der Waals surface area contributed by atoms with E-state index < -0.39 is 29.2 Å². The minimum atomic E-state index is -0.798. The van der Waals surface area contributed by atoms with Gasteiger partial charge < -0.3 is 10.1 Å². The van der Waals surface area contributed by atoms with Gasteiger partial charge in [0.2, 0.25) is 0 Å². The first-order valence-electron chi connectivity index (χ1n) is 5.08. The van der Waals surface area contributed by atoms with E-state index in [-0.39, 0.29) is 0 Å². The quantitative estimate of drug-likeness (QED) is 0.518. The topological polar surface area (TPSA) is 78.9 Å². The van der Waals surface area contributed by atoms with E-state index in [2.05, 4.69) is 5.32 Å². The summed E-state index contributed by atoms with van der Waals surface area (Å²) in [6, 6.07) is -0.743. The van der Waals surface area contributed by atoms with E-state index in [0.29, 0.717) is 5.06 Å². The first-order chi connectivity index (χ1) is 7.05. The van der Waals surface area contributed by atoms with Crippen LogP contribution in [-0.2, 0) is 9.53 Å². The maximum Gasteiger partial charge on any atom is 0.408 e. The van der Waals surface area contributed by atoms with Crippen LogP contribution in [0.4, 0.5) is 4.79 Å². The number of amides is 2. The maximum absolute atomic E-state index is 11.4. The van der Waals surface area contributed by atoms with Crippen molar-refractivity contribution in [2.75, 3.05) is 0 Å². The van der Waals surface area contributed by atoms with Crippen LogP contribution in [-0.4, -0.2) is 39.5 Å².